The van der Waals surface area contributed by atoms with Crippen LogP contribution >= 0.6 is 31.9 Å². The van der Waals surface area contributed by atoms with Gasteiger partial charge in [-0.15, -0.1) is 0 Å². The lowest BCUT2D eigenvalue weighted by Gasteiger charge is -2.22. The number of hydrogen-bond acceptors (Lipinski definition) is 3. The maximum atomic E-state index is 9.46. The van der Waals surface area contributed by atoms with Crippen LogP contribution in [0.4, 0.5) is 0 Å². The van der Waals surface area contributed by atoms with Crippen LogP contribution in [-0.2, 0) is 6.42 Å². The van der Waals surface area contributed by atoms with Gasteiger partial charge < -0.3 is 14.8 Å². The molecule has 1 atom stereocenters. The number of aromatic nitrogens is 1. The molecule has 3 rings (SSSR count). The second-order valence-corrected chi connectivity index (χ2v) is 7.33. The summed E-state index contributed by atoms with van der Waals surface area (Å²) in [5, 5.41) is 10.6. The summed E-state index contributed by atoms with van der Waals surface area (Å²) in [6.07, 6.45) is 3.19. The molecule has 0 amide bonds. The fourth-order valence-electron chi connectivity index (χ4n) is 3.33. The van der Waals surface area contributed by atoms with Crippen molar-refractivity contribution in [2.45, 2.75) is 25.3 Å². The van der Waals surface area contributed by atoms with E-state index >= 15 is 0 Å². The maximum absolute atomic E-state index is 9.46. The Morgan fingerprint density at radius 1 is 1.41 bits per heavy atom. The van der Waals surface area contributed by atoms with E-state index in [9.17, 15) is 5.11 Å². The zero-order valence-electron chi connectivity index (χ0n) is 12.5. The van der Waals surface area contributed by atoms with E-state index in [-0.39, 0.29) is 6.61 Å². The van der Waals surface area contributed by atoms with Crippen molar-refractivity contribution in [1.82, 2.24) is 9.88 Å². The molecule has 6 heteroatoms. The summed E-state index contributed by atoms with van der Waals surface area (Å²) in [5.74, 6) is 0.885. The van der Waals surface area contributed by atoms with Crippen LogP contribution in [0.2, 0.25) is 0 Å². The topological polar surface area (TPSA) is 48.5 Å². The van der Waals surface area contributed by atoms with Gasteiger partial charge in [0.1, 0.15) is 5.75 Å². The van der Waals surface area contributed by atoms with Gasteiger partial charge in [-0.05, 0) is 75.4 Å². The number of aliphatic hydroxyl groups is 1. The molecule has 0 spiro atoms. The van der Waals surface area contributed by atoms with Gasteiger partial charge in [-0.2, -0.15) is 0 Å². The molecule has 2 N–H and O–H groups in total. The number of aromatic amines is 1. The number of rotatable bonds is 5. The molecule has 0 bridgehead atoms. The Labute approximate surface area is 147 Å². The molecule has 120 valence electrons. The number of halogens is 2. The van der Waals surface area contributed by atoms with Crippen molar-refractivity contribution in [1.29, 1.82) is 0 Å². The van der Waals surface area contributed by atoms with E-state index < -0.39 is 0 Å². The molecule has 1 unspecified atom stereocenters. The molecule has 0 saturated carbocycles. The summed E-state index contributed by atoms with van der Waals surface area (Å²) < 4.78 is 7.57. The van der Waals surface area contributed by atoms with E-state index in [4.69, 9.17) is 4.74 Å². The third-order valence-corrected chi connectivity index (χ3v) is 5.83. The number of likely N-dealkylation sites (tertiary alicyclic amines) is 1. The minimum Gasteiger partial charge on any atom is -0.496 e. The van der Waals surface area contributed by atoms with Crippen LogP contribution < -0.4 is 4.74 Å². The molecule has 2 heterocycles. The van der Waals surface area contributed by atoms with Crippen LogP contribution in [0.1, 0.15) is 18.4 Å². The van der Waals surface area contributed by atoms with E-state index in [2.05, 4.69) is 41.7 Å². The first-order chi connectivity index (χ1) is 10.7. The van der Waals surface area contributed by atoms with E-state index in [1.54, 1.807) is 7.11 Å². The highest BCUT2D eigenvalue weighted by Crippen LogP contribution is 2.38. The molecular weight excluding hydrogens is 412 g/mol. The van der Waals surface area contributed by atoms with Crippen LogP contribution in [0.25, 0.3) is 10.9 Å². The quantitative estimate of drug-likeness (QED) is 0.758. The Balaban J connectivity index is 1.90. The molecule has 1 aliphatic heterocycles. The minimum absolute atomic E-state index is 0.254. The average Bonchev–Trinajstić information content (AvgIpc) is 3.10. The minimum atomic E-state index is 0.254. The summed E-state index contributed by atoms with van der Waals surface area (Å²) in [4.78, 5) is 5.78. The summed E-state index contributed by atoms with van der Waals surface area (Å²) in [7, 11) is 1.70. The second-order valence-electron chi connectivity index (χ2n) is 5.68. The summed E-state index contributed by atoms with van der Waals surface area (Å²) in [6, 6.07) is 4.30. The van der Waals surface area contributed by atoms with E-state index in [0.717, 1.165) is 51.7 Å². The highest BCUT2D eigenvalue weighted by Gasteiger charge is 2.24. The molecule has 1 saturated heterocycles. The van der Waals surface area contributed by atoms with Crippen molar-refractivity contribution in [3.05, 3.63) is 26.8 Å². The largest absolute Gasteiger partial charge is 0.496 e. The van der Waals surface area contributed by atoms with Crippen LogP contribution in [0, 0.1) is 0 Å². The zero-order valence-corrected chi connectivity index (χ0v) is 15.7. The van der Waals surface area contributed by atoms with Crippen LogP contribution in [0.5, 0.6) is 5.75 Å². The molecule has 2 aromatic rings. The van der Waals surface area contributed by atoms with Gasteiger partial charge in [-0.3, -0.25) is 4.90 Å². The lowest BCUT2D eigenvalue weighted by Crippen LogP contribution is -2.33. The van der Waals surface area contributed by atoms with Crippen molar-refractivity contribution in [3.63, 3.8) is 0 Å². The summed E-state index contributed by atoms with van der Waals surface area (Å²) in [5.41, 5.74) is 2.29. The molecule has 1 aromatic heterocycles. The first kappa shape index (κ1) is 16.3. The van der Waals surface area contributed by atoms with E-state index in [1.807, 2.05) is 12.1 Å². The lowest BCUT2D eigenvalue weighted by atomic mass is 10.1. The SMILES string of the molecule is COc1ccc(Br)c2[nH]c(Br)c(CCN3CCCC3CO)c12. The molecule has 1 aromatic carbocycles. The van der Waals surface area contributed by atoms with Crippen molar-refractivity contribution >= 4 is 42.8 Å². The number of aliphatic hydroxyl groups excluding tert-OH is 1. The van der Waals surface area contributed by atoms with Gasteiger partial charge in [-0.25, -0.2) is 0 Å². The number of benzene rings is 1. The van der Waals surface area contributed by atoms with Crippen LogP contribution in [0.15, 0.2) is 21.2 Å². The molecule has 1 fully saturated rings. The maximum Gasteiger partial charge on any atom is 0.128 e. The molecular formula is C16H20Br2N2O2. The molecule has 4 nitrogen and oxygen atoms in total. The number of ether oxygens (including phenoxy) is 1. The number of nitrogens with one attached hydrogen (secondary N) is 1. The van der Waals surface area contributed by atoms with Gasteiger partial charge >= 0.3 is 0 Å². The first-order valence-electron chi connectivity index (χ1n) is 7.53. The van der Waals surface area contributed by atoms with Gasteiger partial charge in [0.15, 0.2) is 0 Å². The fraction of sp³-hybridized carbons (Fsp3) is 0.500. The van der Waals surface area contributed by atoms with Gasteiger partial charge in [0.2, 0.25) is 0 Å². The third kappa shape index (κ3) is 2.94. The predicted molar refractivity (Wildman–Crippen MR) is 95.6 cm³/mol. The molecule has 0 aliphatic carbocycles. The number of H-pyrrole nitrogens is 1. The van der Waals surface area contributed by atoms with Gasteiger partial charge in [-0.1, -0.05) is 0 Å². The number of fused-ring (bicyclic) bond motifs is 1. The van der Waals surface area contributed by atoms with Crippen molar-refractivity contribution in [2.75, 3.05) is 26.8 Å². The number of nitrogens with zero attached hydrogens (tertiary/aromatic N) is 1. The Bertz CT molecular complexity index is 672. The van der Waals surface area contributed by atoms with Gasteiger partial charge in [0.25, 0.3) is 0 Å². The van der Waals surface area contributed by atoms with Crippen molar-refractivity contribution in [2.24, 2.45) is 0 Å². The normalized spacial score (nSPS) is 19.2. The summed E-state index contributed by atoms with van der Waals surface area (Å²) in [6.45, 7) is 2.28. The number of methoxy groups -OCH3 is 1. The highest BCUT2D eigenvalue weighted by atomic mass is 79.9. The Morgan fingerprint density at radius 2 is 2.23 bits per heavy atom. The third-order valence-electron chi connectivity index (χ3n) is 4.50. The standard InChI is InChI=1S/C16H20Br2N2O2/c1-22-13-5-4-12(17)15-14(13)11(16(18)19-15)6-8-20-7-2-3-10(20)9-21/h4-5,10,19,21H,2-3,6-9H2,1H3. The van der Waals surface area contributed by atoms with Gasteiger partial charge in [0, 0.05) is 22.4 Å². The second kappa shape index (κ2) is 6.91. The average molecular weight is 432 g/mol. The fourth-order valence-corrected chi connectivity index (χ4v) is 4.36. The number of hydrogen-bond donors (Lipinski definition) is 2. The molecule has 22 heavy (non-hydrogen) atoms. The Kier molecular flexibility index (Phi) is 5.12. The van der Waals surface area contributed by atoms with E-state index in [0.29, 0.717) is 6.04 Å². The lowest BCUT2D eigenvalue weighted by molar-refractivity contribution is 0.160. The highest BCUT2D eigenvalue weighted by molar-refractivity contribution is 9.11. The monoisotopic (exact) mass is 430 g/mol. The van der Waals surface area contributed by atoms with Crippen molar-refractivity contribution < 1.29 is 9.84 Å². The van der Waals surface area contributed by atoms with Gasteiger partial charge in [0.05, 0.1) is 23.8 Å². The van der Waals surface area contributed by atoms with Crippen LogP contribution in [0.3, 0.4) is 0 Å². The smallest absolute Gasteiger partial charge is 0.128 e. The van der Waals surface area contributed by atoms with Crippen molar-refractivity contribution in [3.8, 4) is 5.75 Å². The Hall–Kier alpha value is -0.560. The predicted octanol–water partition coefficient (Wildman–Crippen LogP) is 3.70. The zero-order chi connectivity index (χ0) is 15.7. The Morgan fingerprint density at radius 3 is 2.95 bits per heavy atom. The summed E-state index contributed by atoms with van der Waals surface area (Å²) >= 11 is 7.24. The molecule has 0 radical (unpaired) electrons. The van der Waals surface area contributed by atoms with E-state index in [1.165, 1.54) is 12.0 Å². The molecule has 1 aliphatic rings. The first-order valence-corrected chi connectivity index (χ1v) is 9.11. The van der Waals surface area contributed by atoms with Crippen LogP contribution in [-0.4, -0.2) is 47.8 Å².